The highest BCUT2D eigenvalue weighted by Gasteiger charge is 2.06. The van der Waals surface area contributed by atoms with Crippen molar-refractivity contribution in [3.63, 3.8) is 0 Å². The SMILES string of the molecule is O=C(O)c1cc2[nH]ccc2[nH]1. The standard InChI is InChI=1S/C7H6N2O2/c10-7(11)6-3-5-4(9-6)1-2-8-5/h1-3,8-9H,(H,10,11). The third kappa shape index (κ3) is 0.797. The number of carboxylic acids is 1. The van der Waals surface area contributed by atoms with Crippen molar-refractivity contribution in [3.8, 4) is 0 Å². The number of H-pyrrole nitrogens is 2. The monoisotopic (exact) mass is 150 g/mol. The lowest BCUT2D eigenvalue weighted by atomic mass is 10.4. The molecule has 11 heavy (non-hydrogen) atoms. The minimum Gasteiger partial charge on any atom is -0.477 e. The van der Waals surface area contributed by atoms with E-state index in [1.807, 2.05) is 0 Å². The number of hydrogen-bond acceptors (Lipinski definition) is 1. The summed E-state index contributed by atoms with van der Waals surface area (Å²) in [5.41, 5.74) is 1.86. The van der Waals surface area contributed by atoms with E-state index in [-0.39, 0.29) is 5.69 Å². The smallest absolute Gasteiger partial charge is 0.352 e. The predicted molar refractivity (Wildman–Crippen MR) is 39.6 cm³/mol. The average Bonchev–Trinajstić information content (AvgIpc) is 2.40. The molecular formula is C7H6N2O2. The maximum atomic E-state index is 10.4. The molecule has 4 nitrogen and oxygen atoms in total. The molecule has 0 unspecified atom stereocenters. The molecule has 0 aliphatic rings. The summed E-state index contributed by atoms with van der Waals surface area (Å²) in [6.45, 7) is 0. The third-order valence-corrected chi connectivity index (χ3v) is 1.57. The van der Waals surface area contributed by atoms with Crippen LogP contribution in [-0.4, -0.2) is 21.0 Å². The lowest BCUT2D eigenvalue weighted by Crippen LogP contribution is -1.94. The Labute approximate surface area is 61.9 Å². The van der Waals surface area contributed by atoms with Crippen molar-refractivity contribution < 1.29 is 9.90 Å². The minimum atomic E-state index is -0.936. The van der Waals surface area contributed by atoms with E-state index >= 15 is 0 Å². The van der Waals surface area contributed by atoms with Gasteiger partial charge in [0, 0.05) is 6.20 Å². The van der Waals surface area contributed by atoms with Crippen molar-refractivity contribution in [1.29, 1.82) is 0 Å². The second-order valence-corrected chi connectivity index (χ2v) is 2.29. The second-order valence-electron chi connectivity index (χ2n) is 2.29. The first kappa shape index (κ1) is 6.03. The molecule has 3 N–H and O–H groups in total. The van der Waals surface area contributed by atoms with Crippen LogP contribution in [0, 0.1) is 0 Å². The molecular weight excluding hydrogens is 144 g/mol. The Morgan fingerprint density at radius 3 is 2.91 bits per heavy atom. The summed E-state index contributed by atoms with van der Waals surface area (Å²) in [7, 11) is 0. The van der Waals surface area contributed by atoms with Crippen LogP contribution in [0.15, 0.2) is 18.3 Å². The predicted octanol–water partition coefficient (Wildman–Crippen LogP) is 1.19. The van der Waals surface area contributed by atoms with Crippen LogP contribution in [-0.2, 0) is 0 Å². The lowest BCUT2D eigenvalue weighted by Gasteiger charge is -1.82. The van der Waals surface area contributed by atoms with Gasteiger partial charge in [-0.25, -0.2) is 4.79 Å². The van der Waals surface area contributed by atoms with Gasteiger partial charge in [-0.1, -0.05) is 0 Å². The van der Waals surface area contributed by atoms with Gasteiger partial charge in [0.1, 0.15) is 5.69 Å². The Balaban J connectivity index is 2.67. The zero-order valence-corrected chi connectivity index (χ0v) is 5.59. The average molecular weight is 150 g/mol. The number of hydrogen-bond donors (Lipinski definition) is 3. The quantitative estimate of drug-likeness (QED) is 0.571. The van der Waals surface area contributed by atoms with Crippen LogP contribution < -0.4 is 0 Å². The molecule has 2 rings (SSSR count). The fraction of sp³-hybridized carbons (Fsp3) is 0. The summed E-state index contributed by atoms with van der Waals surface area (Å²) < 4.78 is 0. The molecule has 0 aliphatic carbocycles. The first-order valence-corrected chi connectivity index (χ1v) is 3.17. The Morgan fingerprint density at radius 2 is 2.27 bits per heavy atom. The van der Waals surface area contributed by atoms with Gasteiger partial charge in [-0.15, -0.1) is 0 Å². The number of rotatable bonds is 1. The van der Waals surface area contributed by atoms with Gasteiger partial charge in [-0.05, 0) is 12.1 Å². The summed E-state index contributed by atoms with van der Waals surface area (Å²) in [6.07, 6.45) is 1.76. The van der Waals surface area contributed by atoms with Crippen LogP contribution in [0.3, 0.4) is 0 Å². The van der Waals surface area contributed by atoms with Gasteiger partial charge in [-0.3, -0.25) is 0 Å². The molecule has 0 aromatic carbocycles. The second kappa shape index (κ2) is 1.88. The van der Waals surface area contributed by atoms with E-state index < -0.39 is 5.97 Å². The van der Waals surface area contributed by atoms with Crippen LogP contribution in [0.5, 0.6) is 0 Å². The third-order valence-electron chi connectivity index (χ3n) is 1.57. The van der Waals surface area contributed by atoms with E-state index in [0.717, 1.165) is 11.0 Å². The van der Waals surface area contributed by atoms with Crippen molar-refractivity contribution in [2.75, 3.05) is 0 Å². The number of nitrogens with one attached hydrogen (secondary N) is 2. The summed E-state index contributed by atoms with van der Waals surface area (Å²) in [5, 5.41) is 8.56. The van der Waals surface area contributed by atoms with Crippen molar-refractivity contribution in [1.82, 2.24) is 9.97 Å². The summed E-state index contributed by atoms with van der Waals surface area (Å²) >= 11 is 0. The highest BCUT2D eigenvalue weighted by Crippen LogP contribution is 2.12. The maximum Gasteiger partial charge on any atom is 0.352 e. The molecule has 0 bridgehead atoms. The molecule has 0 radical (unpaired) electrons. The van der Waals surface area contributed by atoms with Crippen molar-refractivity contribution >= 4 is 17.0 Å². The van der Waals surface area contributed by atoms with Crippen molar-refractivity contribution in [2.24, 2.45) is 0 Å². The fourth-order valence-corrected chi connectivity index (χ4v) is 1.05. The van der Waals surface area contributed by atoms with E-state index in [4.69, 9.17) is 5.11 Å². The van der Waals surface area contributed by atoms with E-state index in [2.05, 4.69) is 9.97 Å². The van der Waals surface area contributed by atoms with E-state index in [0.29, 0.717) is 0 Å². The number of carbonyl (C=O) groups is 1. The molecule has 0 saturated carbocycles. The topological polar surface area (TPSA) is 68.9 Å². The Kier molecular flexibility index (Phi) is 1.03. The van der Waals surface area contributed by atoms with Gasteiger partial charge >= 0.3 is 5.97 Å². The minimum absolute atomic E-state index is 0.215. The fourth-order valence-electron chi connectivity index (χ4n) is 1.05. The van der Waals surface area contributed by atoms with Gasteiger partial charge < -0.3 is 15.1 Å². The molecule has 2 aromatic rings. The van der Waals surface area contributed by atoms with Crippen LogP contribution in [0.2, 0.25) is 0 Å². The maximum absolute atomic E-state index is 10.4. The van der Waals surface area contributed by atoms with Gasteiger partial charge in [0.15, 0.2) is 0 Å². The molecule has 0 atom stereocenters. The molecule has 2 heterocycles. The number of carboxylic acid groups (broad SMARTS) is 1. The summed E-state index contributed by atoms with van der Waals surface area (Å²) in [6, 6.07) is 3.36. The first-order chi connectivity index (χ1) is 5.27. The normalized spacial score (nSPS) is 10.5. The van der Waals surface area contributed by atoms with Crippen LogP contribution in [0.1, 0.15) is 10.5 Å². The van der Waals surface area contributed by atoms with Gasteiger partial charge in [0.25, 0.3) is 0 Å². The van der Waals surface area contributed by atoms with E-state index in [1.165, 1.54) is 0 Å². The van der Waals surface area contributed by atoms with Gasteiger partial charge in [-0.2, -0.15) is 0 Å². The lowest BCUT2D eigenvalue weighted by molar-refractivity contribution is 0.0691. The molecule has 0 spiro atoms. The van der Waals surface area contributed by atoms with Crippen molar-refractivity contribution in [3.05, 3.63) is 24.0 Å². The number of fused-ring (bicyclic) bond motifs is 1. The van der Waals surface area contributed by atoms with Gasteiger partial charge in [0.2, 0.25) is 0 Å². The van der Waals surface area contributed by atoms with Crippen LogP contribution in [0.4, 0.5) is 0 Å². The summed E-state index contributed by atoms with van der Waals surface area (Å²) in [5.74, 6) is -0.936. The number of aromatic amines is 2. The summed E-state index contributed by atoms with van der Waals surface area (Å²) in [4.78, 5) is 16.1. The van der Waals surface area contributed by atoms with Crippen molar-refractivity contribution in [2.45, 2.75) is 0 Å². The Morgan fingerprint density at radius 1 is 1.45 bits per heavy atom. The molecule has 0 fully saturated rings. The molecule has 56 valence electrons. The highest BCUT2D eigenvalue weighted by atomic mass is 16.4. The Hall–Kier alpha value is -1.71. The van der Waals surface area contributed by atoms with E-state index in [1.54, 1.807) is 18.3 Å². The highest BCUT2D eigenvalue weighted by molar-refractivity contribution is 5.92. The van der Waals surface area contributed by atoms with E-state index in [9.17, 15) is 4.79 Å². The van der Waals surface area contributed by atoms with Crippen LogP contribution >= 0.6 is 0 Å². The van der Waals surface area contributed by atoms with Crippen LogP contribution in [0.25, 0.3) is 11.0 Å². The molecule has 0 amide bonds. The molecule has 2 aromatic heterocycles. The first-order valence-electron chi connectivity index (χ1n) is 3.17. The largest absolute Gasteiger partial charge is 0.477 e. The Bertz CT molecular complexity index is 371. The molecule has 0 saturated heterocycles. The molecule has 0 aliphatic heterocycles. The zero-order valence-electron chi connectivity index (χ0n) is 5.59. The number of aromatic nitrogens is 2. The van der Waals surface area contributed by atoms with Gasteiger partial charge in [0.05, 0.1) is 11.0 Å². The number of aromatic carboxylic acids is 1. The zero-order chi connectivity index (χ0) is 7.84. The molecule has 4 heteroatoms.